The van der Waals surface area contributed by atoms with Gasteiger partial charge in [0, 0.05) is 11.1 Å². The SMILES string of the molecule is CCCCCOc1cc(C=Cc2ccc(C)cc2)c(OCCCCC)cc1C=Cc1ccc(C)cc1. The molecule has 0 fully saturated rings. The van der Waals surface area contributed by atoms with Crippen molar-refractivity contribution in [1.29, 1.82) is 0 Å². The summed E-state index contributed by atoms with van der Waals surface area (Å²) in [5.74, 6) is 1.80. The van der Waals surface area contributed by atoms with Crippen LogP contribution in [0.25, 0.3) is 24.3 Å². The Labute approximate surface area is 218 Å². The first kappa shape index (κ1) is 27.3. The maximum atomic E-state index is 6.31. The average Bonchev–Trinajstić information content (AvgIpc) is 2.89. The van der Waals surface area contributed by atoms with Gasteiger partial charge in [0.05, 0.1) is 13.2 Å². The average molecular weight is 483 g/mol. The van der Waals surface area contributed by atoms with Crippen LogP contribution in [0.15, 0.2) is 60.7 Å². The van der Waals surface area contributed by atoms with Gasteiger partial charge in [-0.25, -0.2) is 0 Å². The van der Waals surface area contributed by atoms with E-state index in [2.05, 4.69) is 113 Å². The van der Waals surface area contributed by atoms with Gasteiger partial charge in [0.25, 0.3) is 0 Å². The van der Waals surface area contributed by atoms with E-state index < -0.39 is 0 Å². The van der Waals surface area contributed by atoms with Crippen LogP contribution in [0.2, 0.25) is 0 Å². The van der Waals surface area contributed by atoms with Gasteiger partial charge in [-0.3, -0.25) is 0 Å². The maximum absolute atomic E-state index is 6.31. The van der Waals surface area contributed by atoms with Gasteiger partial charge in [-0.2, -0.15) is 0 Å². The lowest BCUT2D eigenvalue weighted by atomic mass is 10.0. The van der Waals surface area contributed by atoms with Gasteiger partial charge in [0.1, 0.15) is 11.5 Å². The molecule has 0 spiro atoms. The van der Waals surface area contributed by atoms with Gasteiger partial charge < -0.3 is 9.47 Å². The molecular formula is C34H42O2. The molecule has 190 valence electrons. The monoisotopic (exact) mass is 482 g/mol. The zero-order chi connectivity index (χ0) is 25.6. The smallest absolute Gasteiger partial charge is 0.127 e. The molecule has 0 aliphatic carbocycles. The molecule has 0 aromatic heterocycles. The molecule has 0 radical (unpaired) electrons. The second-order valence-corrected chi connectivity index (χ2v) is 9.53. The number of aryl methyl sites for hydroxylation is 2. The maximum Gasteiger partial charge on any atom is 0.127 e. The Morgan fingerprint density at radius 3 is 1.28 bits per heavy atom. The lowest BCUT2D eigenvalue weighted by molar-refractivity contribution is 0.297. The van der Waals surface area contributed by atoms with Crippen molar-refractivity contribution < 1.29 is 9.47 Å². The third-order valence-corrected chi connectivity index (χ3v) is 6.22. The van der Waals surface area contributed by atoms with E-state index in [4.69, 9.17) is 9.47 Å². The van der Waals surface area contributed by atoms with Gasteiger partial charge in [-0.05, 0) is 49.9 Å². The Hall–Kier alpha value is -3.26. The quantitative estimate of drug-likeness (QED) is 0.168. The van der Waals surface area contributed by atoms with Crippen molar-refractivity contribution >= 4 is 24.3 Å². The highest BCUT2D eigenvalue weighted by molar-refractivity contribution is 5.79. The zero-order valence-electron chi connectivity index (χ0n) is 22.6. The Morgan fingerprint density at radius 1 is 0.528 bits per heavy atom. The topological polar surface area (TPSA) is 18.5 Å². The Morgan fingerprint density at radius 2 is 0.917 bits per heavy atom. The van der Waals surface area contributed by atoms with Gasteiger partial charge in [0.2, 0.25) is 0 Å². The minimum Gasteiger partial charge on any atom is -0.493 e. The molecule has 3 rings (SSSR count). The molecule has 2 nitrogen and oxygen atoms in total. The van der Waals surface area contributed by atoms with E-state index in [1.165, 1.54) is 47.9 Å². The highest BCUT2D eigenvalue weighted by Gasteiger charge is 2.10. The summed E-state index contributed by atoms with van der Waals surface area (Å²) in [6, 6.07) is 21.4. The largest absolute Gasteiger partial charge is 0.493 e. The van der Waals surface area contributed by atoms with Crippen molar-refractivity contribution in [2.24, 2.45) is 0 Å². The van der Waals surface area contributed by atoms with Crippen LogP contribution in [0.1, 0.15) is 85.8 Å². The number of hydrogen-bond acceptors (Lipinski definition) is 2. The van der Waals surface area contributed by atoms with Crippen LogP contribution >= 0.6 is 0 Å². The summed E-state index contributed by atoms with van der Waals surface area (Å²) >= 11 is 0. The molecule has 0 amide bonds. The van der Waals surface area contributed by atoms with Crippen LogP contribution in [0.3, 0.4) is 0 Å². The molecule has 0 aliphatic rings. The van der Waals surface area contributed by atoms with Crippen LogP contribution in [-0.2, 0) is 0 Å². The molecule has 0 atom stereocenters. The molecule has 0 heterocycles. The van der Waals surface area contributed by atoms with Gasteiger partial charge >= 0.3 is 0 Å². The third-order valence-electron chi connectivity index (χ3n) is 6.22. The minimum absolute atomic E-state index is 0.719. The van der Waals surface area contributed by atoms with E-state index in [9.17, 15) is 0 Å². The van der Waals surface area contributed by atoms with E-state index in [1.807, 2.05) is 0 Å². The molecular weight excluding hydrogens is 440 g/mol. The first-order valence-electron chi connectivity index (χ1n) is 13.5. The van der Waals surface area contributed by atoms with E-state index in [0.29, 0.717) is 0 Å². The molecule has 0 aliphatic heterocycles. The number of unbranched alkanes of at least 4 members (excludes halogenated alkanes) is 4. The predicted octanol–water partition coefficient (Wildman–Crippen LogP) is 9.78. The fourth-order valence-corrected chi connectivity index (χ4v) is 3.90. The first-order valence-corrected chi connectivity index (χ1v) is 13.5. The lowest BCUT2D eigenvalue weighted by Gasteiger charge is -2.15. The summed E-state index contributed by atoms with van der Waals surface area (Å²) in [6.45, 7) is 10.1. The number of ether oxygens (including phenoxy) is 2. The Kier molecular flexibility index (Phi) is 11.4. The van der Waals surface area contributed by atoms with Crippen molar-refractivity contribution in [3.63, 3.8) is 0 Å². The zero-order valence-corrected chi connectivity index (χ0v) is 22.6. The summed E-state index contributed by atoms with van der Waals surface area (Å²) in [7, 11) is 0. The van der Waals surface area contributed by atoms with Crippen molar-refractivity contribution in [2.45, 2.75) is 66.2 Å². The van der Waals surface area contributed by atoms with E-state index >= 15 is 0 Å². The van der Waals surface area contributed by atoms with E-state index in [-0.39, 0.29) is 0 Å². The van der Waals surface area contributed by atoms with Crippen LogP contribution in [0.5, 0.6) is 11.5 Å². The second kappa shape index (κ2) is 15.0. The van der Waals surface area contributed by atoms with E-state index in [0.717, 1.165) is 48.7 Å². The molecule has 0 saturated carbocycles. The molecule has 0 saturated heterocycles. The molecule has 0 N–H and O–H groups in total. The van der Waals surface area contributed by atoms with Crippen molar-refractivity contribution in [3.8, 4) is 11.5 Å². The summed E-state index contributed by atoms with van der Waals surface area (Å²) in [5.41, 5.74) is 6.96. The summed E-state index contributed by atoms with van der Waals surface area (Å²) < 4.78 is 12.6. The van der Waals surface area contributed by atoms with Crippen molar-refractivity contribution in [1.82, 2.24) is 0 Å². The number of benzene rings is 3. The number of rotatable bonds is 14. The normalized spacial score (nSPS) is 11.4. The Bertz CT molecular complexity index is 1010. The van der Waals surface area contributed by atoms with Gasteiger partial charge in [0.15, 0.2) is 0 Å². The third kappa shape index (κ3) is 9.07. The highest BCUT2D eigenvalue weighted by Crippen LogP contribution is 2.33. The molecule has 3 aromatic rings. The molecule has 0 unspecified atom stereocenters. The molecule has 2 heteroatoms. The summed E-state index contributed by atoms with van der Waals surface area (Å²) in [5, 5.41) is 0. The predicted molar refractivity (Wildman–Crippen MR) is 157 cm³/mol. The van der Waals surface area contributed by atoms with Gasteiger partial charge in [-0.1, -0.05) is 123 Å². The lowest BCUT2D eigenvalue weighted by Crippen LogP contribution is -2.02. The number of hydrogen-bond donors (Lipinski definition) is 0. The molecule has 36 heavy (non-hydrogen) atoms. The fraction of sp³-hybridized carbons (Fsp3) is 0.353. The fourth-order valence-electron chi connectivity index (χ4n) is 3.90. The van der Waals surface area contributed by atoms with Crippen LogP contribution in [0, 0.1) is 13.8 Å². The van der Waals surface area contributed by atoms with E-state index in [1.54, 1.807) is 0 Å². The van der Waals surface area contributed by atoms with Crippen LogP contribution in [-0.4, -0.2) is 13.2 Å². The standard InChI is InChI=1S/C34H42O2/c1-5-7-9-23-35-33-25-32(22-20-30-17-13-28(4)14-18-30)34(36-24-10-8-6-2)26-31(33)21-19-29-15-11-27(3)12-16-29/h11-22,25-26H,5-10,23-24H2,1-4H3. The van der Waals surface area contributed by atoms with Crippen LogP contribution in [0.4, 0.5) is 0 Å². The van der Waals surface area contributed by atoms with Crippen molar-refractivity contribution in [2.75, 3.05) is 13.2 Å². The minimum atomic E-state index is 0.719. The summed E-state index contributed by atoms with van der Waals surface area (Å²) in [6.07, 6.45) is 15.4. The summed E-state index contributed by atoms with van der Waals surface area (Å²) in [4.78, 5) is 0. The molecule has 3 aromatic carbocycles. The first-order chi connectivity index (χ1) is 17.6. The highest BCUT2D eigenvalue weighted by atomic mass is 16.5. The van der Waals surface area contributed by atoms with Gasteiger partial charge in [-0.15, -0.1) is 0 Å². The Balaban J connectivity index is 1.94. The molecule has 0 bridgehead atoms. The second-order valence-electron chi connectivity index (χ2n) is 9.53. The van der Waals surface area contributed by atoms with Crippen LogP contribution < -0.4 is 9.47 Å². The van der Waals surface area contributed by atoms with Crippen molar-refractivity contribution in [3.05, 3.63) is 94.0 Å².